The second-order valence-corrected chi connectivity index (χ2v) is 16.6. The Morgan fingerprint density at radius 1 is 1.02 bits per heavy atom. The summed E-state index contributed by atoms with van der Waals surface area (Å²) in [7, 11) is -3.98. The van der Waals surface area contributed by atoms with Gasteiger partial charge in [-0.25, -0.2) is 13.1 Å². The van der Waals surface area contributed by atoms with Crippen LogP contribution in [-0.2, 0) is 10.0 Å². The smallest absolute Gasteiger partial charge is 0.406 e. The Morgan fingerprint density at radius 2 is 1.66 bits per heavy atom. The molecule has 4 aliphatic rings. The van der Waals surface area contributed by atoms with Crippen molar-refractivity contribution in [2.75, 3.05) is 5.75 Å². The van der Waals surface area contributed by atoms with E-state index in [4.69, 9.17) is 0 Å². The molecule has 1 amide bonds. The van der Waals surface area contributed by atoms with E-state index >= 15 is 0 Å². The number of hydrogen-bond donors (Lipinski definition) is 3. The molecule has 0 radical (unpaired) electrons. The number of ether oxygens (including phenoxy) is 1. The summed E-state index contributed by atoms with van der Waals surface area (Å²) in [5.74, 6) is 0.259. The maximum atomic E-state index is 12.9. The van der Waals surface area contributed by atoms with Gasteiger partial charge in [-0.1, -0.05) is 34.1 Å². The van der Waals surface area contributed by atoms with Gasteiger partial charge in [0.05, 0.1) is 18.0 Å². The average molecular weight is 644 g/mol. The number of sulfonamides is 1. The Bertz CT molecular complexity index is 1310. The maximum Gasteiger partial charge on any atom is 0.573 e. The van der Waals surface area contributed by atoms with Crippen LogP contribution in [-0.4, -0.2) is 48.9 Å². The fraction of sp³-hybridized carbons (Fsp3) is 0.788. The van der Waals surface area contributed by atoms with Gasteiger partial charge in [0.25, 0.3) is 5.91 Å². The van der Waals surface area contributed by atoms with Gasteiger partial charge in [-0.3, -0.25) is 4.79 Å². The Kier molecular flexibility index (Phi) is 9.19. The average Bonchev–Trinajstić information content (AvgIpc) is 3.29. The third-order valence-electron chi connectivity index (χ3n) is 12.6. The number of aliphatic hydroxyl groups is 2. The lowest BCUT2D eigenvalue weighted by Crippen LogP contribution is -2.62. The van der Waals surface area contributed by atoms with Crippen molar-refractivity contribution < 1.29 is 41.3 Å². The number of rotatable bonds is 8. The summed E-state index contributed by atoms with van der Waals surface area (Å²) in [5, 5.41) is 22.4. The van der Waals surface area contributed by atoms with Crippen LogP contribution in [0, 0.1) is 52.3 Å². The van der Waals surface area contributed by atoms with E-state index in [1.54, 1.807) is 0 Å². The van der Waals surface area contributed by atoms with Crippen molar-refractivity contribution in [2.24, 2.45) is 52.3 Å². The Hall–Kier alpha value is -1.85. The standard InChI is InChI=1S/C33H48F3NO6S/c1-5-23-27-18-21(38)12-15-32(27,4)26-13-16-31(3)24(10-11-25(31)28(26)29(23)39)19(2)14-17-44(41,42)37-30(40)20-6-8-22(9-7-20)43-33(34,35)36/h6-9,19,21,23-29,38-39H,5,10-18H2,1-4H3,(H,37,40)/t19-,21-,23-,24-,25?,26?,27+,28?,29?,31-,32-/m1/s1. The molecule has 0 heterocycles. The van der Waals surface area contributed by atoms with Crippen molar-refractivity contribution in [3.63, 3.8) is 0 Å². The number of amides is 1. The molecule has 4 saturated carbocycles. The number of carbonyl (C=O) groups is 1. The first kappa shape index (κ1) is 33.5. The van der Waals surface area contributed by atoms with Crippen molar-refractivity contribution in [2.45, 2.75) is 104 Å². The van der Waals surface area contributed by atoms with Gasteiger partial charge in [-0.05, 0) is 128 Å². The first-order chi connectivity index (χ1) is 20.5. The lowest BCUT2D eigenvalue weighted by atomic mass is 9.41. The van der Waals surface area contributed by atoms with E-state index in [-0.39, 0.29) is 46.0 Å². The van der Waals surface area contributed by atoms with Gasteiger partial charge in [0.2, 0.25) is 10.0 Å². The Morgan fingerprint density at radius 3 is 2.30 bits per heavy atom. The summed E-state index contributed by atoms with van der Waals surface area (Å²) in [6.07, 6.45) is 2.41. The van der Waals surface area contributed by atoms with E-state index in [1.807, 2.05) is 0 Å². The van der Waals surface area contributed by atoms with Crippen molar-refractivity contribution in [3.05, 3.63) is 29.8 Å². The SMILES string of the molecule is CC[C@H]1C(O)C2C3CC[C@H]([C@H](C)CCS(=O)(=O)NC(=O)c4ccc(OC(F)(F)F)cc4)[C@@]3(C)CCC2[C@@]2(C)CC[C@@H](O)C[C@@H]12. The normalized spacial score (nSPS) is 39.5. The van der Waals surface area contributed by atoms with Crippen LogP contribution in [0.2, 0.25) is 0 Å². The highest BCUT2D eigenvalue weighted by Gasteiger charge is 2.64. The van der Waals surface area contributed by atoms with Crippen LogP contribution < -0.4 is 9.46 Å². The van der Waals surface area contributed by atoms with Crippen molar-refractivity contribution in [1.82, 2.24) is 4.72 Å². The third kappa shape index (κ3) is 6.26. The molecule has 0 aliphatic heterocycles. The maximum absolute atomic E-state index is 12.9. The minimum absolute atomic E-state index is 0.00945. The molecule has 0 spiro atoms. The molecule has 44 heavy (non-hydrogen) atoms. The summed E-state index contributed by atoms with van der Waals surface area (Å²) in [6, 6.07) is 4.11. The van der Waals surface area contributed by atoms with E-state index in [0.29, 0.717) is 30.1 Å². The van der Waals surface area contributed by atoms with Crippen molar-refractivity contribution in [3.8, 4) is 5.75 Å². The molecule has 11 atom stereocenters. The quantitative estimate of drug-likeness (QED) is 0.307. The highest BCUT2D eigenvalue weighted by Crippen LogP contribution is 2.69. The fourth-order valence-electron chi connectivity index (χ4n) is 10.5. The molecule has 5 rings (SSSR count). The van der Waals surface area contributed by atoms with E-state index < -0.39 is 34.1 Å². The second-order valence-electron chi connectivity index (χ2n) is 14.7. The molecule has 11 heteroatoms. The van der Waals surface area contributed by atoms with Crippen LogP contribution in [0.5, 0.6) is 5.75 Å². The second kappa shape index (κ2) is 12.1. The molecule has 7 nitrogen and oxygen atoms in total. The van der Waals surface area contributed by atoms with Crippen LogP contribution >= 0.6 is 0 Å². The van der Waals surface area contributed by atoms with Crippen LogP contribution in [0.1, 0.15) is 95.8 Å². The van der Waals surface area contributed by atoms with Gasteiger partial charge in [-0.2, -0.15) is 0 Å². The molecule has 4 fully saturated rings. The van der Waals surface area contributed by atoms with Gasteiger partial charge in [0.15, 0.2) is 0 Å². The summed E-state index contributed by atoms with van der Waals surface area (Å²) in [4.78, 5) is 12.6. The van der Waals surface area contributed by atoms with Crippen LogP contribution in [0.4, 0.5) is 13.2 Å². The molecular weight excluding hydrogens is 595 g/mol. The fourth-order valence-corrected chi connectivity index (χ4v) is 11.7. The monoisotopic (exact) mass is 643 g/mol. The first-order valence-electron chi connectivity index (χ1n) is 16.3. The van der Waals surface area contributed by atoms with Crippen molar-refractivity contribution >= 4 is 15.9 Å². The highest BCUT2D eigenvalue weighted by molar-refractivity contribution is 7.90. The van der Waals surface area contributed by atoms with Crippen LogP contribution in [0.25, 0.3) is 0 Å². The Balaban J connectivity index is 1.23. The van der Waals surface area contributed by atoms with Gasteiger partial charge in [0, 0.05) is 5.56 Å². The van der Waals surface area contributed by atoms with E-state index in [0.717, 1.165) is 75.6 Å². The zero-order chi connectivity index (χ0) is 32.2. The van der Waals surface area contributed by atoms with E-state index in [1.165, 1.54) is 0 Å². The lowest BCUT2D eigenvalue weighted by Gasteiger charge is -2.64. The Labute approximate surface area is 259 Å². The van der Waals surface area contributed by atoms with E-state index in [2.05, 4.69) is 37.2 Å². The number of fused-ring (bicyclic) bond motifs is 5. The predicted octanol–water partition coefficient (Wildman–Crippen LogP) is 6.30. The number of carbonyl (C=O) groups excluding carboxylic acids is 1. The number of aliphatic hydroxyl groups excluding tert-OH is 2. The lowest BCUT2D eigenvalue weighted by molar-refractivity contribution is -0.274. The number of alkyl halides is 3. The van der Waals surface area contributed by atoms with Gasteiger partial charge in [-0.15, -0.1) is 13.2 Å². The molecule has 0 bridgehead atoms. The number of nitrogens with one attached hydrogen (secondary N) is 1. The highest BCUT2D eigenvalue weighted by atomic mass is 32.2. The summed E-state index contributed by atoms with van der Waals surface area (Å²) in [5.41, 5.74) is 0.0240. The van der Waals surface area contributed by atoms with Crippen LogP contribution in [0.3, 0.4) is 0 Å². The van der Waals surface area contributed by atoms with Crippen molar-refractivity contribution in [1.29, 1.82) is 0 Å². The number of hydrogen-bond acceptors (Lipinski definition) is 6. The molecule has 0 saturated heterocycles. The first-order valence-corrected chi connectivity index (χ1v) is 17.9. The number of benzene rings is 1. The zero-order valence-electron chi connectivity index (χ0n) is 26.1. The molecule has 0 aromatic heterocycles. The summed E-state index contributed by atoms with van der Waals surface area (Å²) < 4.78 is 68.9. The van der Waals surface area contributed by atoms with E-state index in [9.17, 15) is 36.6 Å². The zero-order valence-corrected chi connectivity index (χ0v) is 27.0. The topological polar surface area (TPSA) is 113 Å². The molecule has 4 unspecified atom stereocenters. The predicted molar refractivity (Wildman–Crippen MR) is 160 cm³/mol. The molecule has 1 aromatic rings. The molecule has 1 aromatic carbocycles. The molecule has 3 N–H and O–H groups in total. The van der Waals surface area contributed by atoms with Gasteiger partial charge >= 0.3 is 6.36 Å². The minimum atomic E-state index is -4.87. The van der Waals surface area contributed by atoms with Gasteiger partial charge < -0.3 is 14.9 Å². The largest absolute Gasteiger partial charge is 0.573 e. The molecule has 248 valence electrons. The minimum Gasteiger partial charge on any atom is -0.406 e. The van der Waals surface area contributed by atoms with Crippen LogP contribution in [0.15, 0.2) is 24.3 Å². The molecular formula is C33H48F3NO6S. The molecule has 4 aliphatic carbocycles. The summed E-state index contributed by atoms with van der Waals surface area (Å²) >= 11 is 0. The summed E-state index contributed by atoms with van der Waals surface area (Å²) in [6.45, 7) is 9.01. The van der Waals surface area contributed by atoms with Gasteiger partial charge in [0.1, 0.15) is 5.75 Å². The number of halogens is 3. The third-order valence-corrected chi connectivity index (χ3v) is 13.9.